The smallest absolute Gasteiger partial charge is 0.162 e. The van der Waals surface area contributed by atoms with Crippen LogP contribution in [0.15, 0.2) is 71.0 Å². The van der Waals surface area contributed by atoms with E-state index in [4.69, 9.17) is 9.40 Å². The van der Waals surface area contributed by atoms with Crippen LogP contribution < -0.4 is 0 Å². The Kier molecular flexibility index (Phi) is 13.4. The van der Waals surface area contributed by atoms with Gasteiger partial charge < -0.3 is 14.5 Å². The first-order valence-electron chi connectivity index (χ1n) is 16.7. The fraction of sp³-hybridized carbons (Fsp3) is 0.415. The SMILES string of the molecule is CCC(CC)C(=O)/C=C(\O)C(CC)CC.Cc1ccc2c(c1)oc1c(-c3nccc4cc(C(C)C)ccc34)[c-]c(C(C)C)cc12.[Ir]. The zero-order valence-corrected chi connectivity index (χ0v) is 31.4. The van der Waals surface area contributed by atoms with Crippen LogP contribution in [0.5, 0.6) is 0 Å². The molecule has 3 aromatic carbocycles. The van der Waals surface area contributed by atoms with E-state index in [1.54, 1.807) is 0 Å². The van der Waals surface area contributed by atoms with Crippen LogP contribution in [-0.4, -0.2) is 15.9 Å². The number of hydrogen-bond acceptors (Lipinski definition) is 4. The molecule has 0 amide bonds. The Morgan fingerprint density at radius 3 is 2.11 bits per heavy atom. The number of aliphatic hydroxyl groups is 1. The fourth-order valence-electron chi connectivity index (χ4n) is 5.96. The molecule has 0 spiro atoms. The summed E-state index contributed by atoms with van der Waals surface area (Å²) in [4.78, 5) is 16.5. The molecule has 0 saturated heterocycles. The molecule has 0 aliphatic rings. The minimum Gasteiger partial charge on any atom is -0.512 e. The number of aliphatic hydroxyl groups excluding tert-OH is 1. The molecule has 247 valence electrons. The number of fused-ring (bicyclic) bond motifs is 4. The molecule has 5 aromatic rings. The number of aromatic nitrogens is 1. The van der Waals surface area contributed by atoms with Gasteiger partial charge in [-0.3, -0.25) is 4.79 Å². The summed E-state index contributed by atoms with van der Waals surface area (Å²) < 4.78 is 6.39. The van der Waals surface area contributed by atoms with Crippen LogP contribution in [-0.2, 0) is 24.9 Å². The summed E-state index contributed by atoms with van der Waals surface area (Å²) in [6.45, 7) is 19.0. The third kappa shape index (κ3) is 8.17. The summed E-state index contributed by atoms with van der Waals surface area (Å²) in [5.74, 6) is 1.41. The Balaban J connectivity index is 0.000000309. The van der Waals surface area contributed by atoms with E-state index in [-0.39, 0.29) is 43.5 Å². The Hall–Kier alpha value is -3.27. The summed E-state index contributed by atoms with van der Waals surface area (Å²) in [5, 5.41) is 14.4. The van der Waals surface area contributed by atoms with Crippen LogP contribution in [0.2, 0.25) is 0 Å². The Morgan fingerprint density at radius 2 is 1.50 bits per heavy atom. The van der Waals surface area contributed by atoms with Crippen molar-refractivity contribution in [2.24, 2.45) is 11.8 Å². The number of carbonyl (C=O) groups is 1. The van der Waals surface area contributed by atoms with E-state index < -0.39 is 0 Å². The van der Waals surface area contributed by atoms with Crippen molar-refractivity contribution >= 4 is 38.5 Å². The Morgan fingerprint density at radius 1 is 0.848 bits per heavy atom. The number of benzene rings is 3. The first kappa shape index (κ1) is 37.2. The van der Waals surface area contributed by atoms with Gasteiger partial charge in [0.1, 0.15) is 5.58 Å². The largest absolute Gasteiger partial charge is 0.512 e. The number of aryl methyl sites for hydroxylation is 1. The number of furan rings is 1. The van der Waals surface area contributed by atoms with Crippen LogP contribution in [0, 0.1) is 24.8 Å². The summed E-state index contributed by atoms with van der Waals surface area (Å²) in [6, 6.07) is 21.1. The van der Waals surface area contributed by atoms with Gasteiger partial charge in [-0.25, -0.2) is 0 Å². The quantitative estimate of drug-likeness (QED) is 0.0868. The Bertz CT molecular complexity index is 1810. The molecule has 5 rings (SSSR count). The van der Waals surface area contributed by atoms with Crippen molar-refractivity contribution in [3.05, 3.63) is 89.3 Å². The molecule has 0 aliphatic carbocycles. The zero-order valence-electron chi connectivity index (χ0n) is 29.0. The molecule has 2 aromatic heterocycles. The standard InChI is InChI=1S/C28H26NO.C13H24O2.Ir/c1-16(2)19-7-9-22-20(13-19)10-11-29-27(22)25-15-21(17(3)4)14-24-23-8-6-18(5)12-26(23)30-28(24)25;1-5-10(6-2)12(14)9-13(15)11(7-3)8-4;/h6-14,16-17H,1-5H3;9-11,14H,5-8H2,1-4H3;/q-1;;/b;12-9-;. The number of nitrogens with zero attached hydrogens (tertiary/aromatic N) is 1. The van der Waals surface area contributed by atoms with Crippen LogP contribution in [0.3, 0.4) is 0 Å². The molecule has 1 N–H and O–H groups in total. The van der Waals surface area contributed by atoms with Crippen molar-refractivity contribution in [1.29, 1.82) is 0 Å². The van der Waals surface area contributed by atoms with Gasteiger partial charge in [0.2, 0.25) is 0 Å². The summed E-state index contributed by atoms with van der Waals surface area (Å²) >= 11 is 0. The van der Waals surface area contributed by atoms with Gasteiger partial charge >= 0.3 is 0 Å². The van der Waals surface area contributed by atoms with Gasteiger partial charge in [0.15, 0.2) is 5.78 Å². The number of hydrogen-bond donors (Lipinski definition) is 1. The first-order valence-corrected chi connectivity index (χ1v) is 16.7. The van der Waals surface area contributed by atoms with Crippen molar-refractivity contribution in [2.75, 3.05) is 0 Å². The van der Waals surface area contributed by atoms with Crippen LogP contribution >= 0.6 is 0 Å². The molecule has 0 atom stereocenters. The van der Waals surface area contributed by atoms with E-state index in [0.717, 1.165) is 64.3 Å². The summed E-state index contributed by atoms with van der Waals surface area (Å²) in [5.41, 5.74) is 7.39. The van der Waals surface area contributed by atoms with Gasteiger partial charge in [0.05, 0.1) is 11.3 Å². The van der Waals surface area contributed by atoms with Crippen molar-refractivity contribution < 1.29 is 34.4 Å². The molecule has 1 radical (unpaired) electrons. The number of allylic oxidation sites excluding steroid dienone is 2. The van der Waals surface area contributed by atoms with E-state index in [9.17, 15) is 9.90 Å². The third-order valence-electron chi connectivity index (χ3n) is 9.08. The fourth-order valence-corrected chi connectivity index (χ4v) is 5.96. The van der Waals surface area contributed by atoms with Crippen molar-refractivity contribution in [3.8, 4) is 11.3 Å². The predicted octanol–water partition coefficient (Wildman–Crippen LogP) is 12.0. The normalized spacial score (nSPS) is 12.0. The summed E-state index contributed by atoms with van der Waals surface area (Å²) in [7, 11) is 0. The van der Waals surface area contributed by atoms with E-state index in [2.05, 4.69) is 89.2 Å². The molecule has 0 aliphatic heterocycles. The van der Waals surface area contributed by atoms with Crippen LogP contribution in [0.25, 0.3) is 44.0 Å². The molecule has 0 saturated carbocycles. The molecule has 46 heavy (non-hydrogen) atoms. The maximum Gasteiger partial charge on any atom is 0.162 e. The molecule has 0 unspecified atom stereocenters. The number of rotatable bonds is 10. The number of carbonyl (C=O) groups excluding carboxylic acids is 1. The second-order valence-corrected chi connectivity index (χ2v) is 12.9. The molecule has 0 bridgehead atoms. The van der Waals surface area contributed by atoms with Gasteiger partial charge in [-0.2, -0.15) is 0 Å². The van der Waals surface area contributed by atoms with Gasteiger partial charge in [0.25, 0.3) is 0 Å². The van der Waals surface area contributed by atoms with Crippen molar-refractivity contribution in [2.45, 2.75) is 99.8 Å². The minimum atomic E-state index is 0. The summed E-state index contributed by atoms with van der Waals surface area (Å²) in [6.07, 6.45) is 6.81. The topological polar surface area (TPSA) is 63.3 Å². The molecule has 2 heterocycles. The van der Waals surface area contributed by atoms with Crippen LogP contribution in [0.1, 0.15) is 110 Å². The van der Waals surface area contributed by atoms with Crippen molar-refractivity contribution in [3.63, 3.8) is 0 Å². The second kappa shape index (κ2) is 16.5. The third-order valence-corrected chi connectivity index (χ3v) is 9.08. The number of pyridine rings is 1. The van der Waals surface area contributed by atoms with Gasteiger partial charge in [-0.15, -0.1) is 17.7 Å². The number of ketones is 1. The molecule has 5 heteroatoms. The molecule has 0 fully saturated rings. The average molecular weight is 797 g/mol. The molecule has 4 nitrogen and oxygen atoms in total. The first-order chi connectivity index (χ1) is 21.5. The van der Waals surface area contributed by atoms with E-state index in [0.29, 0.717) is 11.8 Å². The van der Waals surface area contributed by atoms with Crippen molar-refractivity contribution in [1.82, 2.24) is 4.98 Å². The van der Waals surface area contributed by atoms with Gasteiger partial charge in [-0.1, -0.05) is 96.7 Å². The molecular formula is C41H50IrNO3-. The van der Waals surface area contributed by atoms with Gasteiger partial charge in [-0.05, 0) is 84.2 Å². The van der Waals surface area contributed by atoms with Crippen LogP contribution in [0.4, 0.5) is 0 Å². The average Bonchev–Trinajstić information content (AvgIpc) is 3.39. The zero-order chi connectivity index (χ0) is 32.8. The van der Waals surface area contributed by atoms with E-state index in [1.807, 2.05) is 33.9 Å². The second-order valence-electron chi connectivity index (χ2n) is 12.9. The molecular weight excluding hydrogens is 747 g/mol. The maximum atomic E-state index is 11.7. The predicted molar refractivity (Wildman–Crippen MR) is 190 cm³/mol. The van der Waals surface area contributed by atoms with Gasteiger partial charge in [0, 0.05) is 49.6 Å². The van der Waals surface area contributed by atoms with E-state index in [1.165, 1.54) is 28.2 Å². The van der Waals surface area contributed by atoms with E-state index >= 15 is 0 Å². The monoisotopic (exact) mass is 797 g/mol. The maximum absolute atomic E-state index is 11.7. The Labute approximate surface area is 289 Å². The minimum absolute atomic E-state index is 0.